The van der Waals surface area contributed by atoms with Crippen LogP contribution in [0.15, 0.2) is 29.3 Å². The third-order valence-electron chi connectivity index (χ3n) is 4.38. The number of aliphatic imine (C=N–C) groups is 1. The van der Waals surface area contributed by atoms with E-state index in [-0.39, 0.29) is 28.7 Å². The topological polar surface area (TPSA) is 76.0 Å². The molecule has 0 spiro atoms. The number of amides is 1. The number of fused-ring (bicyclic) bond motifs is 1. The number of anilines is 1. The third kappa shape index (κ3) is 4.00. The average Bonchev–Trinajstić information content (AvgIpc) is 3.04. The first-order valence-corrected chi connectivity index (χ1v) is 11.1. The van der Waals surface area contributed by atoms with Crippen LogP contribution in [-0.4, -0.2) is 49.4 Å². The maximum absolute atomic E-state index is 12.1. The molecule has 0 aromatic heterocycles. The molecule has 2 fully saturated rings. The number of rotatable bonds is 5. The van der Waals surface area contributed by atoms with Gasteiger partial charge in [0.2, 0.25) is 5.91 Å². The minimum atomic E-state index is -3.05. The summed E-state index contributed by atoms with van der Waals surface area (Å²) in [4.78, 5) is 18.3. The molecule has 0 saturated carbocycles. The van der Waals surface area contributed by atoms with Crippen molar-refractivity contribution in [2.75, 3.05) is 23.5 Å². The fourth-order valence-corrected chi connectivity index (χ4v) is 7.03. The number of amidine groups is 1. The summed E-state index contributed by atoms with van der Waals surface area (Å²) >= 11 is 1.40. The van der Waals surface area contributed by atoms with Gasteiger partial charge >= 0.3 is 0 Å². The summed E-state index contributed by atoms with van der Waals surface area (Å²) in [6.45, 7) is 2.03. The van der Waals surface area contributed by atoms with Crippen molar-refractivity contribution in [2.24, 2.45) is 4.99 Å². The van der Waals surface area contributed by atoms with Gasteiger partial charge in [0.1, 0.15) is 5.75 Å². The Bertz CT molecular complexity index is 774. The minimum Gasteiger partial charge on any atom is -0.497 e. The van der Waals surface area contributed by atoms with Crippen molar-refractivity contribution in [3.8, 4) is 5.75 Å². The smallest absolute Gasteiger partial charge is 0.248 e. The van der Waals surface area contributed by atoms with Crippen LogP contribution in [0.25, 0.3) is 0 Å². The van der Waals surface area contributed by atoms with E-state index in [9.17, 15) is 13.2 Å². The van der Waals surface area contributed by atoms with Gasteiger partial charge in [-0.3, -0.25) is 4.79 Å². The van der Waals surface area contributed by atoms with Gasteiger partial charge < -0.3 is 9.64 Å². The first kappa shape index (κ1) is 18.3. The molecule has 0 N–H and O–H groups in total. The van der Waals surface area contributed by atoms with Crippen molar-refractivity contribution < 1.29 is 17.9 Å². The van der Waals surface area contributed by atoms with E-state index in [1.54, 1.807) is 7.11 Å². The van der Waals surface area contributed by atoms with Gasteiger partial charge in [-0.2, -0.15) is 4.99 Å². The Morgan fingerprint density at radius 2 is 2.04 bits per heavy atom. The van der Waals surface area contributed by atoms with E-state index in [1.807, 2.05) is 36.1 Å². The Labute approximate surface area is 152 Å². The molecule has 0 radical (unpaired) electrons. The number of sulfone groups is 1. The molecule has 25 heavy (non-hydrogen) atoms. The predicted octanol–water partition coefficient (Wildman–Crippen LogP) is 2.49. The fourth-order valence-electron chi connectivity index (χ4n) is 3.10. The Kier molecular flexibility index (Phi) is 5.38. The van der Waals surface area contributed by atoms with E-state index >= 15 is 0 Å². The zero-order chi connectivity index (χ0) is 18.0. The van der Waals surface area contributed by atoms with Crippen LogP contribution >= 0.6 is 11.8 Å². The van der Waals surface area contributed by atoms with E-state index in [4.69, 9.17) is 4.74 Å². The first-order chi connectivity index (χ1) is 11.9. The van der Waals surface area contributed by atoms with Gasteiger partial charge in [0.05, 0.1) is 24.7 Å². The number of carbonyl (C=O) groups is 1. The lowest BCUT2D eigenvalue weighted by atomic mass is 10.2. The van der Waals surface area contributed by atoms with Gasteiger partial charge in [-0.15, -0.1) is 0 Å². The number of methoxy groups -OCH3 is 1. The van der Waals surface area contributed by atoms with Gasteiger partial charge in [-0.1, -0.05) is 25.1 Å². The molecule has 136 valence electrons. The minimum absolute atomic E-state index is 0.0789. The lowest BCUT2D eigenvalue weighted by Crippen LogP contribution is -2.37. The molecule has 1 aromatic carbocycles. The van der Waals surface area contributed by atoms with Crippen molar-refractivity contribution in [1.29, 1.82) is 0 Å². The van der Waals surface area contributed by atoms with Gasteiger partial charge in [0.15, 0.2) is 15.0 Å². The third-order valence-corrected chi connectivity index (χ3v) is 7.59. The molecule has 2 saturated heterocycles. The highest BCUT2D eigenvalue weighted by atomic mass is 32.2. The second-order valence-corrected chi connectivity index (χ2v) is 9.62. The molecule has 6 nitrogen and oxygen atoms in total. The summed E-state index contributed by atoms with van der Waals surface area (Å²) in [7, 11) is -1.46. The van der Waals surface area contributed by atoms with Crippen LogP contribution in [0.5, 0.6) is 5.75 Å². The number of thioether (sulfide) groups is 1. The molecule has 2 atom stereocenters. The summed E-state index contributed by atoms with van der Waals surface area (Å²) in [5.74, 6) is 0.810. The standard InChI is InChI=1S/C17H22N2O4S2/c1-3-4-5-16(20)18-17-19(12-6-8-13(23-2)9-7-12)14-10-25(21,22)11-15(14)24-17/h6-9,14-15H,3-5,10-11H2,1-2H3/t14-,15-/m0/s1. The van der Waals surface area contributed by atoms with Crippen LogP contribution in [-0.2, 0) is 14.6 Å². The monoisotopic (exact) mass is 382 g/mol. The number of unbranched alkanes of at least 4 members (excludes halogenated alkanes) is 1. The average molecular weight is 383 g/mol. The highest BCUT2D eigenvalue weighted by molar-refractivity contribution is 8.16. The lowest BCUT2D eigenvalue weighted by molar-refractivity contribution is -0.117. The number of ether oxygens (including phenoxy) is 1. The van der Waals surface area contributed by atoms with E-state index < -0.39 is 9.84 Å². The number of carbonyl (C=O) groups excluding carboxylic acids is 1. The molecular formula is C17H22N2O4S2. The summed E-state index contributed by atoms with van der Waals surface area (Å²) in [5, 5.41) is 0.529. The van der Waals surface area contributed by atoms with E-state index in [0.717, 1.165) is 24.3 Å². The Morgan fingerprint density at radius 3 is 2.68 bits per heavy atom. The predicted molar refractivity (Wildman–Crippen MR) is 101 cm³/mol. The van der Waals surface area contributed by atoms with Gasteiger partial charge in [-0.05, 0) is 30.7 Å². The largest absolute Gasteiger partial charge is 0.497 e. The van der Waals surface area contributed by atoms with Crippen LogP contribution < -0.4 is 9.64 Å². The van der Waals surface area contributed by atoms with E-state index in [1.165, 1.54) is 11.8 Å². The highest BCUT2D eigenvalue weighted by Crippen LogP contribution is 2.41. The van der Waals surface area contributed by atoms with Crippen LogP contribution in [0, 0.1) is 0 Å². The summed E-state index contributed by atoms with van der Waals surface area (Å²) in [6.07, 6.45) is 2.17. The Hall–Kier alpha value is -1.54. The summed E-state index contributed by atoms with van der Waals surface area (Å²) in [5.41, 5.74) is 0.833. The quantitative estimate of drug-likeness (QED) is 0.779. The van der Waals surface area contributed by atoms with Crippen molar-refractivity contribution in [1.82, 2.24) is 0 Å². The highest BCUT2D eigenvalue weighted by Gasteiger charge is 2.49. The summed E-state index contributed by atoms with van der Waals surface area (Å²) in [6, 6.07) is 7.22. The molecule has 0 unspecified atom stereocenters. The second kappa shape index (κ2) is 7.37. The fraction of sp³-hybridized carbons (Fsp3) is 0.529. The molecular weight excluding hydrogens is 360 g/mol. The molecule has 0 aliphatic carbocycles. The van der Waals surface area contributed by atoms with Crippen LogP contribution in [0.2, 0.25) is 0 Å². The second-order valence-electron chi connectivity index (χ2n) is 6.26. The molecule has 2 aliphatic heterocycles. The Balaban J connectivity index is 1.91. The Morgan fingerprint density at radius 1 is 1.32 bits per heavy atom. The van der Waals surface area contributed by atoms with Crippen LogP contribution in [0.1, 0.15) is 26.2 Å². The zero-order valence-electron chi connectivity index (χ0n) is 14.3. The molecule has 2 heterocycles. The molecule has 8 heteroatoms. The van der Waals surface area contributed by atoms with Crippen molar-refractivity contribution in [3.63, 3.8) is 0 Å². The first-order valence-electron chi connectivity index (χ1n) is 8.35. The van der Waals surface area contributed by atoms with Crippen molar-refractivity contribution in [2.45, 2.75) is 37.5 Å². The van der Waals surface area contributed by atoms with Crippen molar-refractivity contribution in [3.05, 3.63) is 24.3 Å². The van der Waals surface area contributed by atoms with Crippen molar-refractivity contribution >= 4 is 38.4 Å². The van der Waals surface area contributed by atoms with Gasteiger partial charge in [-0.25, -0.2) is 8.42 Å². The molecule has 2 aliphatic rings. The number of benzene rings is 1. The van der Waals surface area contributed by atoms with Crippen LogP contribution in [0.4, 0.5) is 5.69 Å². The molecule has 3 rings (SSSR count). The molecule has 0 bridgehead atoms. The van der Waals surface area contributed by atoms with Crippen LogP contribution in [0.3, 0.4) is 0 Å². The lowest BCUT2D eigenvalue weighted by Gasteiger charge is -2.24. The maximum atomic E-state index is 12.1. The summed E-state index contributed by atoms with van der Waals surface area (Å²) < 4.78 is 29.2. The van der Waals surface area contributed by atoms with Gasteiger partial charge in [0, 0.05) is 17.4 Å². The maximum Gasteiger partial charge on any atom is 0.248 e. The number of hydrogen-bond acceptors (Lipinski definition) is 5. The van der Waals surface area contributed by atoms with E-state index in [2.05, 4.69) is 4.99 Å². The number of hydrogen-bond donors (Lipinski definition) is 0. The van der Waals surface area contributed by atoms with Gasteiger partial charge in [0.25, 0.3) is 0 Å². The normalized spacial score (nSPS) is 26.0. The molecule has 1 amide bonds. The molecule has 1 aromatic rings. The number of nitrogens with zero attached hydrogens (tertiary/aromatic N) is 2. The zero-order valence-corrected chi connectivity index (χ0v) is 16.0. The SMILES string of the molecule is CCCCC(=O)N=C1S[C@H]2CS(=O)(=O)C[C@@H]2N1c1ccc(OC)cc1. The van der Waals surface area contributed by atoms with E-state index in [0.29, 0.717) is 11.6 Å².